The number of nitrogens with zero attached hydrogens (tertiary/aromatic N) is 2. The van der Waals surface area contributed by atoms with Crippen molar-refractivity contribution in [2.24, 2.45) is 0 Å². The molecule has 6 heteroatoms. The van der Waals surface area contributed by atoms with Gasteiger partial charge in [0.25, 0.3) is 0 Å². The van der Waals surface area contributed by atoms with Crippen molar-refractivity contribution >= 4 is 9.84 Å². The summed E-state index contributed by atoms with van der Waals surface area (Å²) in [6, 6.07) is 0.0132. The van der Waals surface area contributed by atoms with Gasteiger partial charge in [-0.1, -0.05) is 6.92 Å². The minimum Gasteiger partial charge on any atom is -0.319 e. The minimum atomic E-state index is -2.87. The normalized spacial score (nSPS) is 23.7. The zero-order valence-corrected chi connectivity index (χ0v) is 12.9. The number of aromatic nitrogens is 2. The van der Waals surface area contributed by atoms with E-state index in [1.807, 2.05) is 25.6 Å². The summed E-state index contributed by atoms with van der Waals surface area (Å²) in [6.07, 6.45) is 0.685. The van der Waals surface area contributed by atoms with Gasteiger partial charge >= 0.3 is 0 Å². The number of sulfone groups is 1. The van der Waals surface area contributed by atoms with Crippen molar-refractivity contribution in [2.45, 2.75) is 39.2 Å². The van der Waals surface area contributed by atoms with Crippen LogP contribution in [0.15, 0.2) is 0 Å². The van der Waals surface area contributed by atoms with Crippen LogP contribution in [0.5, 0.6) is 0 Å². The first kappa shape index (κ1) is 14.5. The monoisotopic (exact) mass is 285 g/mol. The van der Waals surface area contributed by atoms with Crippen molar-refractivity contribution in [3.8, 4) is 0 Å². The average molecular weight is 285 g/mol. The lowest BCUT2D eigenvalue weighted by molar-refractivity contribution is 0.484. The third-order valence-corrected chi connectivity index (χ3v) is 5.69. The molecule has 2 rings (SSSR count). The Kier molecular flexibility index (Phi) is 4.01. The van der Waals surface area contributed by atoms with Crippen LogP contribution in [-0.2, 0) is 9.84 Å². The molecule has 5 nitrogen and oxygen atoms in total. The first-order valence-corrected chi connectivity index (χ1v) is 8.58. The maximum atomic E-state index is 11.6. The zero-order valence-electron chi connectivity index (χ0n) is 12.1. The van der Waals surface area contributed by atoms with E-state index in [1.54, 1.807) is 0 Å². The van der Waals surface area contributed by atoms with E-state index in [1.165, 1.54) is 5.56 Å². The predicted octanol–water partition coefficient (Wildman–Crippen LogP) is 1.18. The van der Waals surface area contributed by atoms with E-state index in [2.05, 4.69) is 17.3 Å². The molecule has 0 radical (unpaired) electrons. The molecule has 1 saturated heterocycles. The van der Waals surface area contributed by atoms with Gasteiger partial charge in [-0.3, -0.25) is 4.68 Å². The maximum Gasteiger partial charge on any atom is 0.152 e. The number of hydrogen-bond donors (Lipinski definition) is 1. The zero-order chi connectivity index (χ0) is 14.2. The standard InChI is InChI=1S/C13H23N3O2S/c1-9(7-14-4)13-10(2)15-16(11(13)3)12-5-6-19(17,18)8-12/h9,12,14H,5-8H2,1-4H3. The van der Waals surface area contributed by atoms with Gasteiger partial charge < -0.3 is 5.32 Å². The molecular weight excluding hydrogens is 262 g/mol. The van der Waals surface area contributed by atoms with Gasteiger partial charge in [0.2, 0.25) is 0 Å². The predicted molar refractivity (Wildman–Crippen MR) is 76.4 cm³/mol. The van der Waals surface area contributed by atoms with E-state index in [0.717, 1.165) is 17.9 Å². The van der Waals surface area contributed by atoms with Gasteiger partial charge in [0, 0.05) is 17.8 Å². The fraction of sp³-hybridized carbons (Fsp3) is 0.769. The van der Waals surface area contributed by atoms with Gasteiger partial charge in [0.1, 0.15) is 0 Å². The highest BCUT2D eigenvalue weighted by Crippen LogP contribution is 2.29. The van der Waals surface area contributed by atoms with E-state index in [9.17, 15) is 8.42 Å². The van der Waals surface area contributed by atoms with Gasteiger partial charge in [-0.15, -0.1) is 0 Å². The lowest BCUT2D eigenvalue weighted by Crippen LogP contribution is -2.17. The van der Waals surface area contributed by atoms with Crippen molar-refractivity contribution in [3.05, 3.63) is 17.0 Å². The molecule has 0 spiro atoms. The van der Waals surface area contributed by atoms with Gasteiger partial charge in [-0.05, 0) is 33.2 Å². The van der Waals surface area contributed by atoms with Crippen LogP contribution in [0.1, 0.15) is 42.3 Å². The van der Waals surface area contributed by atoms with Crippen LogP contribution in [-0.4, -0.2) is 43.3 Å². The summed E-state index contributed by atoms with van der Waals surface area (Å²) in [5, 5.41) is 7.76. The Morgan fingerprint density at radius 1 is 1.47 bits per heavy atom. The highest BCUT2D eigenvalue weighted by Gasteiger charge is 2.31. The van der Waals surface area contributed by atoms with E-state index < -0.39 is 9.84 Å². The van der Waals surface area contributed by atoms with Crippen LogP contribution >= 0.6 is 0 Å². The Labute approximate surface area is 115 Å². The molecule has 0 aromatic carbocycles. The second kappa shape index (κ2) is 5.25. The molecular formula is C13H23N3O2S. The Morgan fingerprint density at radius 2 is 2.16 bits per heavy atom. The lowest BCUT2D eigenvalue weighted by atomic mass is 9.99. The number of aryl methyl sites for hydroxylation is 1. The molecule has 1 fully saturated rings. The fourth-order valence-electron chi connectivity index (χ4n) is 3.12. The molecule has 0 amide bonds. The van der Waals surface area contributed by atoms with E-state index >= 15 is 0 Å². The molecule has 1 aliphatic rings. The smallest absolute Gasteiger partial charge is 0.152 e. The Morgan fingerprint density at radius 3 is 2.68 bits per heavy atom. The molecule has 108 valence electrons. The SMILES string of the molecule is CNCC(C)c1c(C)nn(C2CCS(=O)(=O)C2)c1C. The van der Waals surface area contributed by atoms with Crippen LogP contribution in [0.3, 0.4) is 0 Å². The summed E-state index contributed by atoms with van der Waals surface area (Å²) < 4.78 is 25.1. The summed E-state index contributed by atoms with van der Waals surface area (Å²) in [7, 11) is -0.928. The highest BCUT2D eigenvalue weighted by atomic mass is 32.2. The third-order valence-electron chi connectivity index (χ3n) is 3.94. The van der Waals surface area contributed by atoms with Crippen molar-refractivity contribution in [1.82, 2.24) is 15.1 Å². The molecule has 2 atom stereocenters. The first-order chi connectivity index (χ1) is 8.85. The van der Waals surface area contributed by atoms with Gasteiger partial charge in [-0.25, -0.2) is 8.42 Å². The van der Waals surface area contributed by atoms with Crippen molar-refractivity contribution < 1.29 is 8.42 Å². The van der Waals surface area contributed by atoms with E-state index in [4.69, 9.17) is 0 Å². The fourth-order valence-corrected chi connectivity index (χ4v) is 4.81. The van der Waals surface area contributed by atoms with Crippen molar-refractivity contribution in [1.29, 1.82) is 0 Å². The molecule has 1 aromatic heterocycles. The van der Waals surface area contributed by atoms with E-state index in [0.29, 0.717) is 12.3 Å². The Hall–Kier alpha value is -0.880. The molecule has 0 saturated carbocycles. The minimum absolute atomic E-state index is 0.0132. The van der Waals surface area contributed by atoms with Crippen LogP contribution in [0.25, 0.3) is 0 Å². The largest absolute Gasteiger partial charge is 0.319 e. The van der Waals surface area contributed by atoms with Crippen LogP contribution in [0, 0.1) is 13.8 Å². The summed E-state index contributed by atoms with van der Waals surface area (Å²) >= 11 is 0. The number of likely N-dealkylation sites (N-methyl/N-ethyl adjacent to an activating group) is 1. The van der Waals surface area contributed by atoms with Gasteiger partial charge in [0.15, 0.2) is 9.84 Å². The quantitative estimate of drug-likeness (QED) is 0.902. The number of nitrogens with one attached hydrogen (secondary N) is 1. The second-order valence-electron chi connectivity index (χ2n) is 5.54. The summed E-state index contributed by atoms with van der Waals surface area (Å²) in [4.78, 5) is 0. The molecule has 1 aliphatic heterocycles. The van der Waals surface area contributed by atoms with E-state index in [-0.39, 0.29) is 17.5 Å². The van der Waals surface area contributed by atoms with Crippen LogP contribution in [0.2, 0.25) is 0 Å². The Bertz CT molecular complexity index is 563. The second-order valence-corrected chi connectivity index (χ2v) is 7.77. The third kappa shape index (κ3) is 2.84. The topological polar surface area (TPSA) is 64.0 Å². The number of hydrogen-bond acceptors (Lipinski definition) is 4. The molecule has 0 bridgehead atoms. The molecule has 1 aromatic rings. The molecule has 2 unspecified atom stereocenters. The summed E-state index contributed by atoms with van der Waals surface area (Å²) in [6.45, 7) is 7.13. The number of rotatable bonds is 4. The van der Waals surface area contributed by atoms with Gasteiger partial charge in [0.05, 0.1) is 23.2 Å². The lowest BCUT2D eigenvalue weighted by Gasteiger charge is -2.14. The maximum absolute atomic E-state index is 11.6. The highest BCUT2D eigenvalue weighted by molar-refractivity contribution is 7.91. The van der Waals surface area contributed by atoms with Crippen LogP contribution < -0.4 is 5.32 Å². The molecule has 0 aliphatic carbocycles. The summed E-state index contributed by atoms with van der Waals surface area (Å²) in [5.41, 5.74) is 3.38. The molecule has 2 heterocycles. The van der Waals surface area contributed by atoms with Crippen LogP contribution in [0.4, 0.5) is 0 Å². The van der Waals surface area contributed by atoms with Gasteiger partial charge in [-0.2, -0.15) is 5.10 Å². The summed E-state index contributed by atoms with van der Waals surface area (Å²) in [5.74, 6) is 0.906. The molecule has 19 heavy (non-hydrogen) atoms. The first-order valence-electron chi connectivity index (χ1n) is 6.76. The average Bonchev–Trinajstić information content (AvgIpc) is 2.79. The Balaban J connectivity index is 2.32. The van der Waals surface area contributed by atoms with Crippen molar-refractivity contribution in [3.63, 3.8) is 0 Å². The molecule has 1 N–H and O–H groups in total. The van der Waals surface area contributed by atoms with Crippen molar-refractivity contribution in [2.75, 3.05) is 25.1 Å².